The number of hydrogen-bond donors (Lipinski definition) is 2. The number of benzene rings is 1. The fraction of sp³-hybridized carbons (Fsp3) is 0.250. The molecule has 3 aromatic rings. The highest BCUT2D eigenvalue weighted by atomic mass is 35.5. The van der Waals surface area contributed by atoms with E-state index in [4.69, 9.17) is 27.9 Å². The van der Waals surface area contributed by atoms with Gasteiger partial charge in [-0.05, 0) is 29.8 Å². The molecule has 0 radical (unpaired) electrons. The summed E-state index contributed by atoms with van der Waals surface area (Å²) in [6, 6.07) is 7.00. The Morgan fingerprint density at radius 1 is 1.25 bits per heavy atom. The van der Waals surface area contributed by atoms with Gasteiger partial charge >= 0.3 is 6.18 Å². The van der Waals surface area contributed by atoms with Crippen molar-refractivity contribution in [3.63, 3.8) is 0 Å². The van der Waals surface area contributed by atoms with Crippen LogP contribution in [0.15, 0.2) is 42.6 Å². The highest BCUT2D eigenvalue weighted by molar-refractivity contribution is 6.37. The van der Waals surface area contributed by atoms with E-state index in [0.29, 0.717) is 16.0 Å². The number of pyridine rings is 1. The van der Waals surface area contributed by atoms with Crippen LogP contribution in [0.5, 0.6) is 5.75 Å². The predicted molar refractivity (Wildman–Crippen MR) is 114 cm³/mol. The number of carbonyl (C=O) groups excluding carboxylic acids is 1. The normalized spacial score (nSPS) is 17.9. The maximum Gasteiger partial charge on any atom is 0.410 e. The molecule has 4 rings (SSSR count). The molecule has 0 saturated heterocycles. The van der Waals surface area contributed by atoms with Gasteiger partial charge in [0.15, 0.2) is 16.9 Å². The van der Waals surface area contributed by atoms with Crippen LogP contribution in [0.25, 0.3) is 0 Å². The maximum absolute atomic E-state index is 13.9. The molecule has 0 unspecified atom stereocenters. The third-order valence-electron chi connectivity index (χ3n) is 5.04. The maximum atomic E-state index is 13.9. The highest BCUT2D eigenvalue weighted by Crippen LogP contribution is 2.46. The Morgan fingerprint density at radius 3 is 2.59 bits per heavy atom. The first kappa shape index (κ1) is 22.2. The van der Waals surface area contributed by atoms with Crippen molar-refractivity contribution in [3.8, 4) is 5.75 Å². The van der Waals surface area contributed by atoms with Crippen LogP contribution >= 0.6 is 23.2 Å². The van der Waals surface area contributed by atoms with Gasteiger partial charge < -0.3 is 15.4 Å². The number of halogens is 5. The van der Waals surface area contributed by atoms with Gasteiger partial charge in [-0.25, -0.2) is 9.67 Å². The lowest BCUT2D eigenvalue weighted by molar-refractivity contribution is -0.173. The topological polar surface area (TPSA) is 81.1 Å². The van der Waals surface area contributed by atoms with Crippen molar-refractivity contribution in [2.24, 2.45) is 0 Å². The monoisotopic (exact) mass is 485 g/mol. The molecule has 0 fully saturated rings. The van der Waals surface area contributed by atoms with Gasteiger partial charge in [0.1, 0.15) is 16.6 Å². The zero-order valence-electron chi connectivity index (χ0n) is 16.5. The Morgan fingerprint density at radius 2 is 1.97 bits per heavy atom. The van der Waals surface area contributed by atoms with Crippen molar-refractivity contribution < 1.29 is 22.7 Å². The lowest BCUT2D eigenvalue weighted by Gasteiger charge is -2.33. The van der Waals surface area contributed by atoms with Crippen molar-refractivity contribution in [1.29, 1.82) is 0 Å². The summed E-state index contributed by atoms with van der Waals surface area (Å²) in [6.45, 7) is 0. The van der Waals surface area contributed by atoms with Crippen LogP contribution in [-0.2, 0) is 0 Å². The number of amides is 1. The van der Waals surface area contributed by atoms with Crippen molar-refractivity contribution >= 4 is 40.6 Å². The molecule has 0 saturated carbocycles. The number of anilines is 2. The van der Waals surface area contributed by atoms with E-state index in [9.17, 15) is 18.0 Å². The minimum Gasteiger partial charge on any atom is -0.497 e. The summed E-state index contributed by atoms with van der Waals surface area (Å²) in [5.74, 6) is -0.327. The number of rotatable bonds is 4. The number of carbonyl (C=O) groups is 1. The second-order valence-electron chi connectivity index (χ2n) is 7.01. The van der Waals surface area contributed by atoms with Crippen LogP contribution in [0.4, 0.5) is 24.7 Å². The van der Waals surface area contributed by atoms with Crippen molar-refractivity contribution in [3.05, 3.63) is 64.0 Å². The standard InChI is InChI=1S/C20H16Cl2F3N5O2/c1-32-11-6-4-10(5-7-11)13-9-14(20(23,24)25)30-18(27-13)15(21)16(29-30)19(31)28-12-3-2-8-26-17(12)22/h2-8,13-14,27H,9H2,1H3,(H,28,31)/t13-,14+/m0/s1. The van der Waals surface area contributed by atoms with Crippen molar-refractivity contribution in [2.75, 3.05) is 17.7 Å². The molecule has 1 amide bonds. The van der Waals surface area contributed by atoms with E-state index in [1.54, 1.807) is 30.3 Å². The van der Waals surface area contributed by atoms with Gasteiger partial charge in [0, 0.05) is 12.6 Å². The largest absolute Gasteiger partial charge is 0.497 e. The molecule has 1 aromatic carbocycles. The summed E-state index contributed by atoms with van der Waals surface area (Å²) in [5, 5.41) is 9.13. The van der Waals surface area contributed by atoms with Crippen LogP contribution in [0, 0.1) is 0 Å². The second kappa shape index (κ2) is 8.51. The molecule has 2 aromatic heterocycles. The summed E-state index contributed by atoms with van der Waals surface area (Å²) in [6.07, 6.45) is -3.52. The zero-order chi connectivity index (χ0) is 23.0. The van der Waals surface area contributed by atoms with E-state index >= 15 is 0 Å². The molecule has 12 heteroatoms. The summed E-state index contributed by atoms with van der Waals surface area (Å²) in [5.41, 5.74) is 0.424. The van der Waals surface area contributed by atoms with Gasteiger partial charge in [0.05, 0.1) is 18.8 Å². The fourth-order valence-corrected chi connectivity index (χ4v) is 3.88. The van der Waals surface area contributed by atoms with Gasteiger partial charge in [0.2, 0.25) is 0 Å². The molecule has 1 aliphatic rings. The van der Waals surface area contributed by atoms with Gasteiger partial charge in [-0.1, -0.05) is 35.3 Å². The summed E-state index contributed by atoms with van der Waals surface area (Å²) >= 11 is 12.3. The van der Waals surface area contributed by atoms with Gasteiger partial charge in [-0.3, -0.25) is 4.79 Å². The first-order valence-corrected chi connectivity index (χ1v) is 10.1. The van der Waals surface area contributed by atoms with E-state index in [2.05, 4.69) is 20.7 Å². The number of ether oxygens (including phenoxy) is 1. The van der Waals surface area contributed by atoms with Crippen LogP contribution in [-0.4, -0.2) is 34.0 Å². The van der Waals surface area contributed by atoms with Crippen molar-refractivity contribution in [2.45, 2.75) is 24.7 Å². The first-order valence-electron chi connectivity index (χ1n) is 9.36. The lowest BCUT2D eigenvalue weighted by atomic mass is 9.97. The number of methoxy groups -OCH3 is 1. The van der Waals surface area contributed by atoms with Gasteiger partial charge in [0.25, 0.3) is 5.91 Å². The molecule has 1 aliphatic heterocycles. The summed E-state index contributed by atoms with van der Waals surface area (Å²) in [4.78, 5) is 16.5. The number of hydrogen-bond acceptors (Lipinski definition) is 5. The average Bonchev–Trinajstić information content (AvgIpc) is 3.10. The van der Waals surface area contributed by atoms with Crippen LogP contribution in [0.3, 0.4) is 0 Å². The first-order chi connectivity index (χ1) is 15.2. The third kappa shape index (κ3) is 4.20. The molecular formula is C20H16Cl2F3N5O2. The molecule has 0 bridgehead atoms. The third-order valence-corrected chi connectivity index (χ3v) is 5.70. The number of nitrogens with zero attached hydrogens (tertiary/aromatic N) is 3. The fourth-order valence-electron chi connectivity index (χ4n) is 3.45. The number of fused-ring (bicyclic) bond motifs is 1. The van der Waals surface area contributed by atoms with Crippen LogP contribution in [0.1, 0.15) is 34.6 Å². The molecule has 0 spiro atoms. The quantitative estimate of drug-likeness (QED) is 0.476. The SMILES string of the molecule is COc1ccc([C@@H]2C[C@H](C(F)(F)F)n3nc(C(=O)Nc4cccnc4Cl)c(Cl)c3N2)cc1. The Balaban J connectivity index is 1.69. The van der Waals surface area contributed by atoms with E-state index in [-0.39, 0.29) is 33.8 Å². The minimum atomic E-state index is -4.61. The smallest absolute Gasteiger partial charge is 0.410 e. The highest BCUT2D eigenvalue weighted by Gasteiger charge is 2.47. The molecule has 168 valence electrons. The molecule has 2 N–H and O–H groups in total. The number of aromatic nitrogens is 3. The Hall–Kier alpha value is -2.98. The summed E-state index contributed by atoms with van der Waals surface area (Å²) in [7, 11) is 1.50. The molecular weight excluding hydrogens is 470 g/mol. The molecule has 7 nitrogen and oxygen atoms in total. The Bertz CT molecular complexity index is 1150. The number of nitrogens with one attached hydrogen (secondary N) is 2. The molecule has 0 aliphatic carbocycles. The molecule has 32 heavy (non-hydrogen) atoms. The van der Waals surface area contributed by atoms with E-state index in [1.807, 2.05) is 0 Å². The lowest BCUT2D eigenvalue weighted by Crippen LogP contribution is -2.35. The van der Waals surface area contributed by atoms with Crippen LogP contribution in [0.2, 0.25) is 10.2 Å². The van der Waals surface area contributed by atoms with E-state index in [1.165, 1.54) is 19.4 Å². The van der Waals surface area contributed by atoms with Gasteiger partial charge in [-0.2, -0.15) is 18.3 Å². The van der Waals surface area contributed by atoms with Gasteiger partial charge in [-0.15, -0.1) is 0 Å². The van der Waals surface area contributed by atoms with E-state index < -0.39 is 24.2 Å². The summed E-state index contributed by atoms with van der Waals surface area (Å²) < 4.78 is 47.5. The number of alkyl halides is 3. The molecule has 2 atom stereocenters. The second-order valence-corrected chi connectivity index (χ2v) is 7.75. The zero-order valence-corrected chi connectivity index (χ0v) is 18.0. The molecule has 3 heterocycles. The minimum absolute atomic E-state index is 0.0202. The van der Waals surface area contributed by atoms with E-state index in [0.717, 1.165) is 0 Å². The van der Waals surface area contributed by atoms with Crippen LogP contribution < -0.4 is 15.4 Å². The average molecular weight is 486 g/mol. The Kier molecular flexibility index (Phi) is 5.91. The van der Waals surface area contributed by atoms with Crippen molar-refractivity contribution in [1.82, 2.24) is 14.8 Å². The Labute approximate surface area is 190 Å². The predicted octanol–water partition coefficient (Wildman–Crippen LogP) is 5.51.